The monoisotopic (exact) mass is 210 g/mol. The number of aliphatic hydroxyl groups is 1. The Labute approximate surface area is 92.3 Å². The highest BCUT2D eigenvalue weighted by molar-refractivity contribution is 5.18. The van der Waals surface area contributed by atoms with Gasteiger partial charge in [0.05, 0.1) is 6.10 Å². The topological polar surface area (TPSA) is 49.5 Å². The molecule has 1 aliphatic heterocycles. The van der Waals surface area contributed by atoms with E-state index in [1.165, 1.54) is 5.70 Å². The number of aliphatic hydroxyl groups excluding tert-OH is 1. The molecule has 3 N–H and O–H groups in total. The lowest BCUT2D eigenvalue weighted by Crippen LogP contribution is -2.34. The van der Waals surface area contributed by atoms with Crippen LogP contribution >= 0.6 is 0 Å². The first-order chi connectivity index (χ1) is 7.27. The summed E-state index contributed by atoms with van der Waals surface area (Å²) >= 11 is 0. The highest BCUT2D eigenvalue weighted by Crippen LogP contribution is 2.16. The van der Waals surface area contributed by atoms with Crippen LogP contribution in [0.4, 0.5) is 0 Å². The molecule has 1 aliphatic rings. The summed E-state index contributed by atoms with van der Waals surface area (Å²) in [5, 5.41) is 9.43. The molecule has 0 amide bonds. The SMILES string of the molecule is CCC=C(C=CCN)N1CCC(O)CC1. The van der Waals surface area contributed by atoms with E-state index in [1.54, 1.807) is 0 Å². The van der Waals surface area contributed by atoms with Crippen molar-refractivity contribution in [2.24, 2.45) is 5.73 Å². The van der Waals surface area contributed by atoms with E-state index in [0.29, 0.717) is 6.54 Å². The molecule has 0 aliphatic carbocycles. The second-order valence-electron chi connectivity index (χ2n) is 3.89. The standard InChI is InChI=1S/C12H22N2O/c1-2-4-11(5-3-8-13)14-9-6-12(15)7-10-14/h3-5,12,15H,2,6-10,13H2,1H3. The van der Waals surface area contributed by atoms with Crippen LogP contribution in [-0.2, 0) is 0 Å². The van der Waals surface area contributed by atoms with Gasteiger partial charge < -0.3 is 15.7 Å². The van der Waals surface area contributed by atoms with Gasteiger partial charge in [-0.3, -0.25) is 0 Å². The minimum atomic E-state index is -0.109. The molecule has 0 unspecified atom stereocenters. The molecule has 3 nitrogen and oxygen atoms in total. The fraction of sp³-hybridized carbons (Fsp3) is 0.667. The predicted octanol–water partition coefficient (Wildman–Crippen LogP) is 1.25. The van der Waals surface area contributed by atoms with Crippen molar-refractivity contribution in [3.05, 3.63) is 23.9 Å². The van der Waals surface area contributed by atoms with Gasteiger partial charge >= 0.3 is 0 Å². The van der Waals surface area contributed by atoms with Gasteiger partial charge in [0.2, 0.25) is 0 Å². The second kappa shape index (κ2) is 6.64. The van der Waals surface area contributed by atoms with Crippen molar-refractivity contribution in [3.63, 3.8) is 0 Å². The predicted molar refractivity (Wildman–Crippen MR) is 63.4 cm³/mol. The smallest absolute Gasteiger partial charge is 0.0574 e. The van der Waals surface area contributed by atoms with E-state index in [0.717, 1.165) is 32.4 Å². The summed E-state index contributed by atoms with van der Waals surface area (Å²) in [7, 11) is 0. The number of hydrogen-bond acceptors (Lipinski definition) is 3. The van der Waals surface area contributed by atoms with Crippen LogP contribution in [0.3, 0.4) is 0 Å². The first kappa shape index (κ1) is 12.3. The van der Waals surface area contributed by atoms with Crippen molar-refractivity contribution < 1.29 is 5.11 Å². The van der Waals surface area contributed by atoms with Crippen molar-refractivity contribution in [2.45, 2.75) is 32.3 Å². The number of allylic oxidation sites excluding steroid dienone is 2. The summed E-state index contributed by atoms with van der Waals surface area (Å²) in [6, 6.07) is 0. The normalized spacial score (nSPS) is 20.2. The Kier molecular flexibility index (Phi) is 5.43. The van der Waals surface area contributed by atoms with E-state index in [2.05, 4.69) is 24.0 Å². The Bertz CT molecular complexity index is 228. The minimum absolute atomic E-state index is 0.109. The van der Waals surface area contributed by atoms with Crippen LogP contribution in [0.25, 0.3) is 0 Å². The largest absolute Gasteiger partial charge is 0.393 e. The molecule has 0 aromatic rings. The fourth-order valence-electron chi connectivity index (χ4n) is 1.82. The van der Waals surface area contributed by atoms with E-state index in [4.69, 9.17) is 5.73 Å². The molecule has 0 spiro atoms. The number of rotatable bonds is 4. The molecule has 15 heavy (non-hydrogen) atoms. The van der Waals surface area contributed by atoms with Crippen molar-refractivity contribution in [1.82, 2.24) is 4.90 Å². The van der Waals surface area contributed by atoms with Gasteiger partial charge in [-0.15, -0.1) is 0 Å². The summed E-state index contributed by atoms with van der Waals surface area (Å²) in [5.74, 6) is 0. The van der Waals surface area contributed by atoms with Crippen molar-refractivity contribution in [1.29, 1.82) is 0 Å². The molecule has 1 rings (SSSR count). The highest BCUT2D eigenvalue weighted by Gasteiger charge is 2.17. The number of likely N-dealkylation sites (tertiary alicyclic amines) is 1. The molecule has 1 fully saturated rings. The molecule has 0 radical (unpaired) electrons. The molecule has 86 valence electrons. The lowest BCUT2D eigenvalue weighted by atomic mass is 10.1. The molecular weight excluding hydrogens is 188 g/mol. The summed E-state index contributed by atoms with van der Waals surface area (Å²) in [6.07, 6.45) is 8.94. The second-order valence-corrected chi connectivity index (χ2v) is 3.89. The average Bonchev–Trinajstić information content (AvgIpc) is 2.25. The number of piperidine rings is 1. The van der Waals surface area contributed by atoms with E-state index in [9.17, 15) is 5.11 Å². The highest BCUT2D eigenvalue weighted by atomic mass is 16.3. The maximum absolute atomic E-state index is 9.43. The van der Waals surface area contributed by atoms with Crippen LogP contribution in [0.5, 0.6) is 0 Å². The molecule has 0 aromatic carbocycles. The van der Waals surface area contributed by atoms with Crippen LogP contribution in [0, 0.1) is 0 Å². The van der Waals surface area contributed by atoms with Crippen LogP contribution in [-0.4, -0.2) is 35.7 Å². The van der Waals surface area contributed by atoms with Gasteiger partial charge in [0.25, 0.3) is 0 Å². The van der Waals surface area contributed by atoms with Gasteiger partial charge in [0.1, 0.15) is 0 Å². The summed E-state index contributed by atoms with van der Waals surface area (Å²) in [4.78, 5) is 2.32. The van der Waals surface area contributed by atoms with Crippen LogP contribution in [0.2, 0.25) is 0 Å². The molecule has 3 heteroatoms. The Hall–Kier alpha value is -0.800. The fourth-order valence-corrected chi connectivity index (χ4v) is 1.82. The zero-order valence-corrected chi connectivity index (χ0v) is 9.52. The van der Waals surface area contributed by atoms with Gasteiger partial charge in [0.15, 0.2) is 0 Å². The number of nitrogens with two attached hydrogens (primary N) is 1. The molecule has 0 aromatic heterocycles. The Morgan fingerprint density at radius 2 is 2.13 bits per heavy atom. The molecule has 0 bridgehead atoms. The zero-order valence-electron chi connectivity index (χ0n) is 9.52. The van der Waals surface area contributed by atoms with Gasteiger partial charge in [-0.2, -0.15) is 0 Å². The lowest BCUT2D eigenvalue weighted by Gasteiger charge is -2.32. The Balaban J connectivity index is 2.56. The molecule has 1 heterocycles. The van der Waals surface area contributed by atoms with Crippen molar-refractivity contribution >= 4 is 0 Å². The van der Waals surface area contributed by atoms with Gasteiger partial charge in [0, 0.05) is 25.3 Å². The molecular formula is C12H22N2O. The number of nitrogens with zero attached hydrogens (tertiary/aromatic N) is 1. The zero-order chi connectivity index (χ0) is 11.1. The van der Waals surface area contributed by atoms with Gasteiger partial charge in [-0.05, 0) is 25.3 Å². The van der Waals surface area contributed by atoms with Gasteiger partial charge in [-0.25, -0.2) is 0 Å². The Morgan fingerprint density at radius 1 is 1.47 bits per heavy atom. The molecule has 0 atom stereocenters. The first-order valence-corrected chi connectivity index (χ1v) is 5.77. The van der Waals surface area contributed by atoms with E-state index in [1.807, 2.05) is 6.08 Å². The quantitative estimate of drug-likeness (QED) is 0.687. The van der Waals surface area contributed by atoms with Crippen LogP contribution in [0.15, 0.2) is 23.9 Å². The third-order valence-electron chi connectivity index (χ3n) is 2.67. The maximum Gasteiger partial charge on any atom is 0.0574 e. The third kappa shape index (κ3) is 4.06. The van der Waals surface area contributed by atoms with E-state index >= 15 is 0 Å². The van der Waals surface area contributed by atoms with E-state index in [-0.39, 0.29) is 6.10 Å². The minimum Gasteiger partial charge on any atom is -0.393 e. The summed E-state index contributed by atoms with van der Waals surface area (Å²) in [5.41, 5.74) is 6.70. The molecule has 1 saturated heterocycles. The number of hydrogen-bond donors (Lipinski definition) is 2. The van der Waals surface area contributed by atoms with Gasteiger partial charge in [-0.1, -0.05) is 19.1 Å². The van der Waals surface area contributed by atoms with Crippen molar-refractivity contribution in [2.75, 3.05) is 19.6 Å². The van der Waals surface area contributed by atoms with Crippen LogP contribution < -0.4 is 5.73 Å². The molecule has 0 saturated carbocycles. The summed E-state index contributed by atoms with van der Waals surface area (Å²) < 4.78 is 0. The van der Waals surface area contributed by atoms with Crippen LogP contribution in [0.1, 0.15) is 26.2 Å². The maximum atomic E-state index is 9.43. The summed E-state index contributed by atoms with van der Waals surface area (Å²) in [6.45, 7) is 4.61. The first-order valence-electron chi connectivity index (χ1n) is 5.77. The third-order valence-corrected chi connectivity index (χ3v) is 2.67. The van der Waals surface area contributed by atoms with E-state index < -0.39 is 0 Å². The van der Waals surface area contributed by atoms with Crippen molar-refractivity contribution in [3.8, 4) is 0 Å². The average molecular weight is 210 g/mol. The Morgan fingerprint density at radius 3 is 2.67 bits per heavy atom. The lowest BCUT2D eigenvalue weighted by molar-refractivity contribution is 0.0985.